The predicted molar refractivity (Wildman–Crippen MR) is 67.1 cm³/mol. The summed E-state index contributed by atoms with van der Waals surface area (Å²) in [5.41, 5.74) is -0.0808. The van der Waals surface area contributed by atoms with Gasteiger partial charge in [0, 0.05) is 10.6 Å². The number of benzene rings is 1. The van der Waals surface area contributed by atoms with Crippen LogP contribution in [-0.2, 0) is 14.3 Å². The molecular formula is C11H12ClF3O4S. The van der Waals surface area contributed by atoms with Gasteiger partial charge in [0.25, 0.3) is 10.1 Å². The average molecular weight is 333 g/mol. The van der Waals surface area contributed by atoms with Crippen molar-refractivity contribution in [3.63, 3.8) is 0 Å². The smallest absolute Gasteiger partial charge is 0.405 e. The van der Waals surface area contributed by atoms with Gasteiger partial charge in [0.1, 0.15) is 11.9 Å². The number of rotatable bonds is 5. The molecule has 0 spiro atoms. The summed E-state index contributed by atoms with van der Waals surface area (Å²) in [4.78, 5) is 0. The molecule has 0 bridgehead atoms. The number of hydrogen-bond acceptors (Lipinski definition) is 4. The lowest BCUT2D eigenvalue weighted by Crippen LogP contribution is -2.19. The molecule has 20 heavy (non-hydrogen) atoms. The van der Waals surface area contributed by atoms with E-state index >= 15 is 0 Å². The molecule has 0 saturated heterocycles. The van der Waals surface area contributed by atoms with Crippen molar-refractivity contribution in [3.05, 3.63) is 28.8 Å². The van der Waals surface area contributed by atoms with Gasteiger partial charge in [0.2, 0.25) is 0 Å². The summed E-state index contributed by atoms with van der Waals surface area (Å²) in [6.07, 6.45) is -5.07. The highest BCUT2D eigenvalue weighted by molar-refractivity contribution is 7.86. The van der Waals surface area contributed by atoms with Crippen LogP contribution in [0.4, 0.5) is 13.2 Å². The van der Waals surface area contributed by atoms with Crippen LogP contribution < -0.4 is 4.74 Å². The molecule has 1 aromatic carbocycles. The van der Waals surface area contributed by atoms with Crippen molar-refractivity contribution in [2.45, 2.75) is 25.8 Å². The Morgan fingerprint density at radius 1 is 1.35 bits per heavy atom. The summed E-state index contributed by atoms with van der Waals surface area (Å²) in [5, 5.41) is 0.144. The minimum Gasteiger partial charge on any atom is -0.405 e. The first-order chi connectivity index (χ1) is 9.02. The van der Waals surface area contributed by atoms with E-state index in [2.05, 4.69) is 4.74 Å². The normalized spacial score (nSPS) is 14.1. The summed E-state index contributed by atoms with van der Waals surface area (Å²) >= 11 is 5.72. The van der Waals surface area contributed by atoms with Crippen LogP contribution in [0.2, 0.25) is 5.02 Å². The summed E-state index contributed by atoms with van der Waals surface area (Å²) in [5.74, 6) is -0.544. The van der Waals surface area contributed by atoms with Crippen LogP contribution >= 0.6 is 11.6 Å². The van der Waals surface area contributed by atoms with Crippen LogP contribution in [0.25, 0.3) is 0 Å². The standard InChI is InChI=1S/C11H12ClF3O4S/c1-3-9(19-20(2,16)17)8-6-7(12)4-5-10(8)18-11(13,14)15/h4-6,9H,3H2,1-2H3. The number of alkyl halides is 3. The van der Waals surface area contributed by atoms with Gasteiger partial charge in [-0.3, -0.25) is 4.18 Å². The zero-order chi connectivity index (χ0) is 15.6. The number of hydrogen-bond donors (Lipinski definition) is 0. The number of ether oxygens (including phenoxy) is 1. The van der Waals surface area contributed by atoms with E-state index in [4.69, 9.17) is 15.8 Å². The fourth-order valence-electron chi connectivity index (χ4n) is 1.54. The van der Waals surface area contributed by atoms with Crippen molar-refractivity contribution in [2.75, 3.05) is 6.26 Å². The van der Waals surface area contributed by atoms with Gasteiger partial charge in [-0.15, -0.1) is 13.2 Å². The first-order valence-electron chi connectivity index (χ1n) is 5.45. The van der Waals surface area contributed by atoms with Crippen molar-refractivity contribution < 1.29 is 30.5 Å². The van der Waals surface area contributed by atoms with Gasteiger partial charge in [0.05, 0.1) is 6.26 Å². The third-order valence-electron chi connectivity index (χ3n) is 2.21. The van der Waals surface area contributed by atoms with E-state index in [9.17, 15) is 21.6 Å². The van der Waals surface area contributed by atoms with Gasteiger partial charge in [-0.2, -0.15) is 8.42 Å². The Labute approximate surface area is 119 Å². The molecule has 0 aliphatic heterocycles. The van der Waals surface area contributed by atoms with E-state index in [1.54, 1.807) is 6.92 Å². The lowest BCUT2D eigenvalue weighted by molar-refractivity contribution is -0.275. The molecule has 0 aromatic heterocycles. The molecule has 1 atom stereocenters. The fraction of sp³-hybridized carbons (Fsp3) is 0.455. The maximum atomic E-state index is 12.3. The fourth-order valence-corrected chi connectivity index (χ4v) is 2.38. The van der Waals surface area contributed by atoms with E-state index in [1.165, 1.54) is 12.1 Å². The van der Waals surface area contributed by atoms with Crippen molar-refractivity contribution in [3.8, 4) is 5.75 Å². The Bertz CT molecular complexity index is 572. The van der Waals surface area contributed by atoms with Crippen molar-refractivity contribution in [1.82, 2.24) is 0 Å². The molecule has 0 heterocycles. The van der Waals surface area contributed by atoms with E-state index in [-0.39, 0.29) is 17.0 Å². The summed E-state index contributed by atoms with van der Waals surface area (Å²) in [6, 6.07) is 3.40. The molecule has 1 aromatic rings. The van der Waals surface area contributed by atoms with Crippen LogP contribution in [0.15, 0.2) is 18.2 Å². The van der Waals surface area contributed by atoms with Crippen LogP contribution in [0.5, 0.6) is 5.75 Å². The molecule has 0 radical (unpaired) electrons. The second kappa shape index (κ2) is 6.19. The monoisotopic (exact) mass is 332 g/mol. The summed E-state index contributed by atoms with van der Waals surface area (Å²) in [6.45, 7) is 1.56. The predicted octanol–water partition coefficient (Wildman–Crippen LogP) is 3.67. The molecule has 0 aliphatic rings. The molecule has 0 amide bonds. The number of halogens is 4. The molecule has 114 valence electrons. The van der Waals surface area contributed by atoms with Gasteiger partial charge < -0.3 is 4.74 Å². The van der Waals surface area contributed by atoms with Crippen molar-refractivity contribution >= 4 is 21.7 Å². The first kappa shape index (κ1) is 17.1. The van der Waals surface area contributed by atoms with Crippen LogP contribution in [0.3, 0.4) is 0 Å². The Kier molecular flexibility index (Phi) is 5.28. The maximum absolute atomic E-state index is 12.3. The second-order valence-electron chi connectivity index (χ2n) is 3.93. The molecule has 4 nitrogen and oxygen atoms in total. The highest BCUT2D eigenvalue weighted by Crippen LogP contribution is 2.36. The zero-order valence-electron chi connectivity index (χ0n) is 10.6. The molecule has 0 N–H and O–H groups in total. The SMILES string of the molecule is CCC(OS(C)(=O)=O)c1cc(Cl)ccc1OC(F)(F)F. The Morgan fingerprint density at radius 2 is 1.95 bits per heavy atom. The average Bonchev–Trinajstić information content (AvgIpc) is 2.25. The largest absolute Gasteiger partial charge is 0.573 e. The Morgan fingerprint density at radius 3 is 2.40 bits per heavy atom. The maximum Gasteiger partial charge on any atom is 0.573 e. The van der Waals surface area contributed by atoms with Gasteiger partial charge in [0.15, 0.2) is 0 Å². The van der Waals surface area contributed by atoms with E-state index in [1.807, 2.05) is 0 Å². The highest BCUT2D eigenvalue weighted by Gasteiger charge is 2.33. The molecule has 9 heteroatoms. The van der Waals surface area contributed by atoms with E-state index < -0.39 is 28.3 Å². The molecule has 1 rings (SSSR count). The summed E-state index contributed by atoms with van der Waals surface area (Å²) in [7, 11) is -3.84. The molecular weight excluding hydrogens is 321 g/mol. The van der Waals surface area contributed by atoms with E-state index in [0.717, 1.165) is 12.3 Å². The minimum atomic E-state index is -4.90. The van der Waals surface area contributed by atoms with Crippen LogP contribution in [-0.4, -0.2) is 21.0 Å². The van der Waals surface area contributed by atoms with Gasteiger partial charge >= 0.3 is 6.36 Å². The lowest BCUT2D eigenvalue weighted by Gasteiger charge is -2.19. The topological polar surface area (TPSA) is 52.6 Å². The first-order valence-corrected chi connectivity index (χ1v) is 7.64. The van der Waals surface area contributed by atoms with Crippen molar-refractivity contribution in [2.24, 2.45) is 0 Å². The quantitative estimate of drug-likeness (QED) is 0.772. The summed E-state index contributed by atoms with van der Waals surface area (Å²) < 4.78 is 67.8. The molecule has 1 unspecified atom stereocenters. The molecule has 0 aliphatic carbocycles. The zero-order valence-corrected chi connectivity index (χ0v) is 12.1. The van der Waals surface area contributed by atoms with Gasteiger partial charge in [-0.1, -0.05) is 18.5 Å². The lowest BCUT2D eigenvalue weighted by atomic mass is 10.1. The second-order valence-corrected chi connectivity index (χ2v) is 5.96. The third kappa shape index (κ3) is 5.56. The molecule has 0 fully saturated rings. The van der Waals surface area contributed by atoms with Crippen molar-refractivity contribution in [1.29, 1.82) is 0 Å². The minimum absolute atomic E-state index is 0.0808. The highest BCUT2D eigenvalue weighted by atomic mass is 35.5. The third-order valence-corrected chi connectivity index (χ3v) is 3.02. The van der Waals surface area contributed by atoms with E-state index in [0.29, 0.717) is 0 Å². The van der Waals surface area contributed by atoms with Gasteiger partial charge in [-0.25, -0.2) is 0 Å². The van der Waals surface area contributed by atoms with Crippen LogP contribution in [0.1, 0.15) is 25.0 Å². The Balaban J connectivity index is 3.22. The molecule has 0 saturated carbocycles. The van der Waals surface area contributed by atoms with Gasteiger partial charge in [-0.05, 0) is 24.6 Å². The Hall–Kier alpha value is -0.990. The van der Waals surface area contributed by atoms with Crippen LogP contribution in [0, 0.1) is 0 Å².